The molecule has 0 atom stereocenters. The fraction of sp³-hybridized carbons (Fsp3) is 0.105. The molecule has 0 aliphatic rings. The summed E-state index contributed by atoms with van der Waals surface area (Å²) in [6, 6.07) is 21.6. The van der Waals surface area contributed by atoms with E-state index >= 15 is 0 Å². The fourth-order valence-corrected chi connectivity index (χ4v) is 2.44. The van der Waals surface area contributed by atoms with Crippen LogP contribution in [0.4, 0.5) is 11.4 Å². The molecule has 3 aromatic rings. The highest BCUT2D eigenvalue weighted by molar-refractivity contribution is 6.09. The van der Waals surface area contributed by atoms with E-state index in [-0.39, 0.29) is 17.2 Å². The molecule has 0 radical (unpaired) electrons. The Morgan fingerprint density at radius 1 is 0.917 bits per heavy atom. The van der Waals surface area contributed by atoms with Gasteiger partial charge in [0.15, 0.2) is 0 Å². The van der Waals surface area contributed by atoms with Gasteiger partial charge in [0.25, 0.3) is 11.5 Å². The molecular formula is C19H17N3O2. The highest BCUT2D eigenvalue weighted by Gasteiger charge is 2.21. The number of carbonyl (C=O) groups excluding carboxylic acids is 1. The van der Waals surface area contributed by atoms with E-state index in [1.54, 1.807) is 4.90 Å². The lowest BCUT2D eigenvalue weighted by atomic mass is 10.2. The molecule has 0 N–H and O–H groups in total. The second kappa shape index (κ2) is 6.91. The van der Waals surface area contributed by atoms with Gasteiger partial charge in [0.2, 0.25) is 0 Å². The number of hydrogen-bond acceptors (Lipinski definition) is 3. The van der Waals surface area contributed by atoms with E-state index in [0.29, 0.717) is 6.54 Å². The first kappa shape index (κ1) is 15.7. The SMILES string of the molecule is CCn1nc(C(=O)N(c2ccccc2)c2ccccc2)ccc1=O. The van der Waals surface area contributed by atoms with Gasteiger partial charge >= 0.3 is 0 Å². The van der Waals surface area contributed by atoms with Gasteiger partial charge in [-0.25, -0.2) is 4.68 Å². The minimum Gasteiger partial charge on any atom is -0.276 e. The number of aryl methyl sites for hydroxylation is 1. The van der Waals surface area contributed by atoms with Gasteiger partial charge in [-0.15, -0.1) is 0 Å². The summed E-state index contributed by atoms with van der Waals surface area (Å²) >= 11 is 0. The molecule has 0 saturated carbocycles. The number of rotatable bonds is 4. The van der Waals surface area contributed by atoms with Gasteiger partial charge < -0.3 is 0 Å². The molecule has 1 amide bonds. The lowest BCUT2D eigenvalue weighted by Gasteiger charge is -2.22. The van der Waals surface area contributed by atoms with Crippen LogP contribution in [0.15, 0.2) is 77.6 Å². The second-order valence-corrected chi connectivity index (χ2v) is 5.18. The monoisotopic (exact) mass is 319 g/mol. The van der Waals surface area contributed by atoms with Gasteiger partial charge in [-0.1, -0.05) is 36.4 Å². The molecule has 2 aromatic carbocycles. The molecule has 0 bridgehead atoms. The Hall–Kier alpha value is -3.21. The Balaban J connectivity index is 2.09. The number of carbonyl (C=O) groups is 1. The summed E-state index contributed by atoms with van der Waals surface area (Å²) in [6.07, 6.45) is 0. The number of benzene rings is 2. The molecule has 3 rings (SSSR count). The summed E-state index contributed by atoms with van der Waals surface area (Å²) in [4.78, 5) is 26.4. The molecule has 5 heteroatoms. The van der Waals surface area contributed by atoms with Crippen molar-refractivity contribution in [1.82, 2.24) is 9.78 Å². The lowest BCUT2D eigenvalue weighted by Crippen LogP contribution is -2.30. The van der Waals surface area contributed by atoms with Crippen molar-refractivity contribution >= 4 is 17.3 Å². The number of amides is 1. The number of aromatic nitrogens is 2. The van der Waals surface area contributed by atoms with Crippen LogP contribution in [0.25, 0.3) is 0 Å². The zero-order valence-corrected chi connectivity index (χ0v) is 13.3. The third-order valence-electron chi connectivity index (χ3n) is 3.62. The molecule has 0 unspecified atom stereocenters. The van der Waals surface area contributed by atoms with Crippen LogP contribution in [0.5, 0.6) is 0 Å². The Kier molecular flexibility index (Phi) is 4.52. The summed E-state index contributed by atoms with van der Waals surface area (Å²) < 4.78 is 1.28. The van der Waals surface area contributed by atoms with Crippen molar-refractivity contribution in [3.05, 3.63) is 88.8 Å². The molecule has 5 nitrogen and oxygen atoms in total. The normalized spacial score (nSPS) is 10.4. The maximum absolute atomic E-state index is 13.1. The lowest BCUT2D eigenvalue weighted by molar-refractivity contribution is 0.0992. The van der Waals surface area contributed by atoms with E-state index in [0.717, 1.165) is 11.4 Å². The van der Waals surface area contributed by atoms with E-state index < -0.39 is 0 Å². The third-order valence-corrected chi connectivity index (χ3v) is 3.62. The Labute approximate surface area is 139 Å². The van der Waals surface area contributed by atoms with Crippen LogP contribution < -0.4 is 10.5 Å². The van der Waals surface area contributed by atoms with Gasteiger partial charge in [-0.2, -0.15) is 5.10 Å². The number of hydrogen-bond donors (Lipinski definition) is 0. The summed E-state index contributed by atoms with van der Waals surface area (Å²) in [7, 11) is 0. The van der Waals surface area contributed by atoms with Crippen LogP contribution in [0, 0.1) is 0 Å². The number of nitrogens with zero attached hydrogens (tertiary/aromatic N) is 3. The van der Waals surface area contributed by atoms with Crippen molar-refractivity contribution in [1.29, 1.82) is 0 Å². The zero-order chi connectivity index (χ0) is 16.9. The largest absolute Gasteiger partial charge is 0.283 e. The van der Waals surface area contributed by atoms with Gasteiger partial charge in [-0.05, 0) is 37.3 Å². The maximum atomic E-state index is 13.1. The first-order valence-corrected chi connectivity index (χ1v) is 7.73. The van der Waals surface area contributed by atoms with Gasteiger partial charge in [-0.3, -0.25) is 14.5 Å². The molecule has 0 spiro atoms. The van der Waals surface area contributed by atoms with Crippen molar-refractivity contribution in [2.75, 3.05) is 4.90 Å². The van der Waals surface area contributed by atoms with Crippen LogP contribution >= 0.6 is 0 Å². The summed E-state index contributed by atoms with van der Waals surface area (Å²) in [5, 5.41) is 4.18. The van der Waals surface area contributed by atoms with Crippen molar-refractivity contribution in [3.8, 4) is 0 Å². The van der Waals surface area contributed by atoms with Crippen LogP contribution in [0.1, 0.15) is 17.4 Å². The van der Waals surface area contributed by atoms with Crippen LogP contribution in [-0.2, 0) is 6.54 Å². The predicted molar refractivity (Wildman–Crippen MR) is 93.5 cm³/mol. The third kappa shape index (κ3) is 3.10. The highest BCUT2D eigenvalue weighted by atomic mass is 16.2. The topological polar surface area (TPSA) is 55.2 Å². The Morgan fingerprint density at radius 2 is 1.46 bits per heavy atom. The molecule has 24 heavy (non-hydrogen) atoms. The van der Waals surface area contributed by atoms with E-state index in [9.17, 15) is 9.59 Å². The van der Waals surface area contributed by atoms with E-state index in [4.69, 9.17) is 0 Å². The number of anilines is 2. The van der Waals surface area contributed by atoms with Crippen molar-refractivity contribution in [2.45, 2.75) is 13.5 Å². The Morgan fingerprint density at radius 3 is 1.96 bits per heavy atom. The second-order valence-electron chi connectivity index (χ2n) is 5.18. The maximum Gasteiger partial charge on any atom is 0.283 e. The minimum atomic E-state index is -0.283. The van der Waals surface area contributed by atoms with Gasteiger partial charge in [0.05, 0.1) is 0 Å². The van der Waals surface area contributed by atoms with Crippen molar-refractivity contribution < 1.29 is 4.79 Å². The summed E-state index contributed by atoms with van der Waals surface area (Å²) in [5.74, 6) is -0.283. The Bertz CT molecular complexity index is 850. The van der Waals surface area contributed by atoms with Crippen LogP contribution in [-0.4, -0.2) is 15.7 Å². The molecule has 1 aromatic heterocycles. The average molecular weight is 319 g/mol. The average Bonchev–Trinajstić information content (AvgIpc) is 2.64. The van der Waals surface area contributed by atoms with E-state index in [1.165, 1.54) is 16.8 Å². The number of para-hydroxylation sites is 2. The molecular weight excluding hydrogens is 302 g/mol. The molecule has 0 aliphatic carbocycles. The zero-order valence-electron chi connectivity index (χ0n) is 13.3. The molecule has 1 heterocycles. The predicted octanol–water partition coefficient (Wildman–Crippen LogP) is 3.24. The molecule has 0 saturated heterocycles. The first-order chi connectivity index (χ1) is 11.7. The van der Waals surface area contributed by atoms with E-state index in [1.807, 2.05) is 67.6 Å². The van der Waals surface area contributed by atoms with Crippen molar-refractivity contribution in [3.63, 3.8) is 0 Å². The minimum absolute atomic E-state index is 0.222. The smallest absolute Gasteiger partial charge is 0.276 e. The fourth-order valence-electron chi connectivity index (χ4n) is 2.44. The van der Waals surface area contributed by atoms with E-state index in [2.05, 4.69) is 5.10 Å². The molecule has 0 aliphatic heterocycles. The molecule has 0 fully saturated rings. The highest BCUT2D eigenvalue weighted by Crippen LogP contribution is 2.26. The molecule has 120 valence electrons. The van der Waals surface area contributed by atoms with Gasteiger partial charge in [0, 0.05) is 24.0 Å². The summed E-state index contributed by atoms with van der Waals surface area (Å²) in [6.45, 7) is 2.23. The van der Waals surface area contributed by atoms with Gasteiger partial charge in [0.1, 0.15) is 5.69 Å². The van der Waals surface area contributed by atoms with Crippen LogP contribution in [0.3, 0.4) is 0 Å². The summed E-state index contributed by atoms with van der Waals surface area (Å²) in [5.41, 5.74) is 1.48. The van der Waals surface area contributed by atoms with Crippen molar-refractivity contribution in [2.24, 2.45) is 0 Å². The van der Waals surface area contributed by atoms with Crippen LogP contribution in [0.2, 0.25) is 0 Å². The standard InChI is InChI=1S/C19H17N3O2/c1-2-21-18(23)14-13-17(20-21)19(24)22(15-9-5-3-6-10-15)16-11-7-4-8-12-16/h3-14H,2H2,1H3. The first-order valence-electron chi connectivity index (χ1n) is 7.73. The quantitative estimate of drug-likeness (QED) is 0.742.